The first-order chi connectivity index (χ1) is 15.6. The Morgan fingerprint density at radius 1 is 1.12 bits per heavy atom. The molecule has 1 aliphatic heterocycles. The maximum absolute atomic E-state index is 12.7. The number of carbonyl (C=O) groups excluding carboxylic acids is 1. The van der Waals surface area contributed by atoms with Gasteiger partial charge in [-0.3, -0.25) is 9.79 Å². The van der Waals surface area contributed by atoms with Crippen LogP contribution in [0.25, 0.3) is 0 Å². The number of anilines is 1. The molecule has 7 heteroatoms. The van der Waals surface area contributed by atoms with Gasteiger partial charge in [0, 0.05) is 31.9 Å². The summed E-state index contributed by atoms with van der Waals surface area (Å²) in [6, 6.07) is 16.2. The summed E-state index contributed by atoms with van der Waals surface area (Å²) in [5, 5.41) is 6.33. The number of ether oxygens (including phenoxy) is 2. The minimum atomic E-state index is 0.0934. The molecule has 0 spiro atoms. The van der Waals surface area contributed by atoms with E-state index in [4.69, 9.17) is 9.47 Å². The Hall–Kier alpha value is -3.22. The van der Waals surface area contributed by atoms with Gasteiger partial charge in [0.05, 0.1) is 20.3 Å². The Bertz CT molecular complexity index is 893. The monoisotopic (exact) mass is 438 g/mol. The van der Waals surface area contributed by atoms with Crippen LogP contribution in [0.2, 0.25) is 0 Å². The van der Waals surface area contributed by atoms with Crippen LogP contribution in [0.15, 0.2) is 53.5 Å². The van der Waals surface area contributed by atoms with Gasteiger partial charge in [0.1, 0.15) is 0 Å². The lowest BCUT2D eigenvalue weighted by Crippen LogP contribution is -2.45. The molecule has 7 nitrogen and oxygen atoms in total. The zero-order chi connectivity index (χ0) is 22.8. The Morgan fingerprint density at radius 3 is 2.53 bits per heavy atom. The summed E-state index contributed by atoms with van der Waals surface area (Å²) in [4.78, 5) is 18.9. The minimum absolute atomic E-state index is 0.0934. The summed E-state index contributed by atoms with van der Waals surface area (Å²) < 4.78 is 10.9. The van der Waals surface area contributed by atoms with Crippen molar-refractivity contribution in [3.05, 3.63) is 54.1 Å². The molecule has 0 aromatic heterocycles. The number of carbonyl (C=O) groups is 1. The number of likely N-dealkylation sites (tertiary alicyclic amines) is 1. The van der Waals surface area contributed by atoms with Crippen LogP contribution in [0.5, 0.6) is 11.5 Å². The van der Waals surface area contributed by atoms with E-state index in [2.05, 4.69) is 39.9 Å². The second-order valence-electron chi connectivity index (χ2n) is 7.86. The van der Waals surface area contributed by atoms with Crippen molar-refractivity contribution in [2.75, 3.05) is 45.7 Å². The van der Waals surface area contributed by atoms with E-state index in [0.717, 1.165) is 38.0 Å². The number of piperidine rings is 1. The molecule has 32 heavy (non-hydrogen) atoms. The second kappa shape index (κ2) is 12.0. The van der Waals surface area contributed by atoms with Crippen LogP contribution in [0, 0.1) is 5.92 Å². The summed E-state index contributed by atoms with van der Waals surface area (Å²) >= 11 is 0. The van der Waals surface area contributed by atoms with E-state index in [9.17, 15) is 4.79 Å². The molecule has 1 amide bonds. The fraction of sp³-hybridized carbons (Fsp3) is 0.440. The van der Waals surface area contributed by atoms with Crippen molar-refractivity contribution >= 4 is 17.6 Å². The normalized spacial score (nSPS) is 14.7. The van der Waals surface area contributed by atoms with Crippen molar-refractivity contribution in [3.8, 4) is 11.5 Å². The third-order valence-electron chi connectivity index (χ3n) is 5.69. The van der Waals surface area contributed by atoms with Crippen molar-refractivity contribution in [3.63, 3.8) is 0 Å². The number of aliphatic imine (C=N–C) groups is 1. The Kier molecular flexibility index (Phi) is 8.78. The van der Waals surface area contributed by atoms with Crippen LogP contribution in [-0.4, -0.2) is 57.2 Å². The molecule has 1 saturated heterocycles. The molecule has 2 aromatic carbocycles. The predicted molar refractivity (Wildman–Crippen MR) is 129 cm³/mol. The van der Waals surface area contributed by atoms with Gasteiger partial charge in [-0.05, 0) is 49.8 Å². The Balaban J connectivity index is 1.46. The second-order valence-corrected chi connectivity index (χ2v) is 7.86. The molecule has 0 aliphatic carbocycles. The highest BCUT2D eigenvalue weighted by molar-refractivity contribution is 5.96. The van der Waals surface area contributed by atoms with Crippen LogP contribution in [0.4, 0.5) is 5.69 Å². The predicted octanol–water partition coefficient (Wildman–Crippen LogP) is 3.56. The minimum Gasteiger partial charge on any atom is -0.493 e. The molecule has 1 aliphatic rings. The van der Waals surface area contributed by atoms with E-state index >= 15 is 0 Å². The fourth-order valence-electron chi connectivity index (χ4n) is 3.94. The van der Waals surface area contributed by atoms with Gasteiger partial charge in [-0.1, -0.05) is 30.3 Å². The molecule has 0 radical (unpaired) electrons. The molecule has 1 fully saturated rings. The lowest BCUT2D eigenvalue weighted by atomic mass is 9.90. The Labute approximate surface area is 190 Å². The number of amides is 1. The van der Waals surface area contributed by atoms with Gasteiger partial charge in [0.2, 0.25) is 5.91 Å². The third kappa shape index (κ3) is 6.64. The Morgan fingerprint density at radius 2 is 1.88 bits per heavy atom. The number of nitrogens with one attached hydrogen (secondary N) is 2. The smallest absolute Gasteiger partial charge is 0.241 e. The molecule has 0 atom stereocenters. The first-order valence-electron chi connectivity index (χ1n) is 11.2. The van der Waals surface area contributed by atoms with Crippen LogP contribution < -0.4 is 20.1 Å². The fourth-order valence-corrected chi connectivity index (χ4v) is 3.94. The van der Waals surface area contributed by atoms with Crippen LogP contribution in [0.1, 0.15) is 25.3 Å². The van der Waals surface area contributed by atoms with Crippen LogP contribution in [0.3, 0.4) is 0 Å². The highest BCUT2D eigenvalue weighted by Gasteiger charge is 2.23. The average Bonchev–Trinajstić information content (AvgIpc) is 2.83. The largest absolute Gasteiger partial charge is 0.493 e. The molecule has 3 rings (SSSR count). The van der Waals surface area contributed by atoms with Gasteiger partial charge >= 0.3 is 0 Å². The number of guanidine groups is 1. The summed E-state index contributed by atoms with van der Waals surface area (Å²) in [6.45, 7) is 4.29. The highest BCUT2D eigenvalue weighted by Crippen LogP contribution is 2.30. The lowest BCUT2D eigenvalue weighted by molar-refractivity contribution is -0.131. The molecule has 1 heterocycles. The molecule has 2 aromatic rings. The maximum Gasteiger partial charge on any atom is 0.241 e. The molecular weight excluding hydrogens is 404 g/mol. The lowest BCUT2D eigenvalue weighted by Gasteiger charge is -2.32. The summed E-state index contributed by atoms with van der Waals surface area (Å²) in [5.74, 6) is 2.59. The van der Waals surface area contributed by atoms with Gasteiger partial charge in [0.25, 0.3) is 0 Å². The highest BCUT2D eigenvalue weighted by atomic mass is 16.5. The van der Waals surface area contributed by atoms with Gasteiger partial charge in [-0.25, -0.2) is 0 Å². The van der Waals surface area contributed by atoms with E-state index in [-0.39, 0.29) is 12.5 Å². The van der Waals surface area contributed by atoms with Crippen molar-refractivity contribution in [1.82, 2.24) is 10.2 Å². The molecule has 172 valence electrons. The van der Waals surface area contributed by atoms with Crippen molar-refractivity contribution < 1.29 is 14.3 Å². The number of methoxy groups -OCH3 is 1. The van der Waals surface area contributed by atoms with Crippen molar-refractivity contribution in [2.45, 2.75) is 26.2 Å². The van der Waals surface area contributed by atoms with E-state index in [1.165, 1.54) is 5.56 Å². The third-order valence-corrected chi connectivity index (χ3v) is 5.69. The topological polar surface area (TPSA) is 75.2 Å². The number of rotatable bonds is 8. The average molecular weight is 439 g/mol. The number of benzene rings is 2. The number of hydrogen-bond acceptors (Lipinski definition) is 4. The van der Waals surface area contributed by atoms with Crippen LogP contribution in [-0.2, 0) is 11.2 Å². The van der Waals surface area contributed by atoms with E-state index in [1.807, 2.05) is 36.1 Å². The summed E-state index contributed by atoms with van der Waals surface area (Å²) in [5.41, 5.74) is 2.18. The SMILES string of the molecule is CCOc1cc(NC(=NC)NCC(=O)N2CCC(Cc3ccccc3)CC2)ccc1OC. The summed E-state index contributed by atoms with van der Waals surface area (Å²) in [7, 11) is 3.30. The van der Waals surface area contributed by atoms with E-state index in [1.54, 1.807) is 14.2 Å². The number of nitrogens with zero attached hydrogens (tertiary/aromatic N) is 2. The van der Waals surface area contributed by atoms with Gasteiger partial charge in [-0.15, -0.1) is 0 Å². The van der Waals surface area contributed by atoms with Gasteiger partial charge in [0.15, 0.2) is 17.5 Å². The first kappa shape index (κ1) is 23.4. The molecule has 2 N–H and O–H groups in total. The molecule has 0 bridgehead atoms. The maximum atomic E-state index is 12.7. The van der Waals surface area contributed by atoms with Gasteiger partial charge < -0.3 is 25.0 Å². The quantitative estimate of drug-likeness (QED) is 0.487. The van der Waals surface area contributed by atoms with Crippen molar-refractivity contribution in [2.24, 2.45) is 10.9 Å². The van der Waals surface area contributed by atoms with E-state index < -0.39 is 0 Å². The zero-order valence-corrected chi connectivity index (χ0v) is 19.3. The van der Waals surface area contributed by atoms with Crippen LogP contribution >= 0.6 is 0 Å². The first-order valence-corrected chi connectivity index (χ1v) is 11.2. The number of hydrogen-bond donors (Lipinski definition) is 2. The van der Waals surface area contributed by atoms with Gasteiger partial charge in [-0.2, -0.15) is 0 Å². The molecular formula is C25H34N4O3. The standard InChI is InChI=1S/C25H34N4O3/c1-4-32-23-17-21(10-11-22(23)31-3)28-25(26-2)27-18-24(30)29-14-12-20(13-15-29)16-19-8-6-5-7-9-19/h5-11,17,20H,4,12-16,18H2,1-3H3,(H2,26,27,28). The molecule has 0 unspecified atom stereocenters. The van der Waals surface area contributed by atoms with Crippen molar-refractivity contribution in [1.29, 1.82) is 0 Å². The summed E-state index contributed by atoms with van der Waals surface area (Å²) in [6.07, 6.45) is 3.17. The molecule has 0 saturated carbocycles. The van der Waals surface area contributed by atoms with E-state index in [0.29, 0.717) is 30.0 Å². The zero-order valence-electron chi connectivity index (χ0n) is 19.3.